The lowest BCUT2D eigenvalue weighted by Crippen LogP contribution is -2.62. The van der Waals surface area contributed by atoms with Crippen molar-refractivity contribution in [3.05, 3.63) is 24.3 Å². The summed E-state index contributed by atoms with van der Waals surface area (Å²) in [5.74, 6) is 1.48. The number of aliphatic hydroxyl groups is 1. The Labute approximate surface area is 149 Å². The summed E-state index contributed by atoms with van der Waals surface area (Å²) in [6.45, 7) is 6.25. The van der Waals surface area contributed by atoms with Crippen molar-refractivity contribution in [2.45, 2.75) is 31.9 Å². The first-order valence-corrected chi connectivity index (χ1v) is 9.66. The molecule has 1 fully saturated rings. The molecule has 1 aliphatic rings. The van der Waals surface area contributed by atoms with Gasteiger partial charge in [-0.1, -0.05) is 0 Å². The Morgan fingerprint density at radius 1 is 1.33 bits per heavy atom. The molecule has 0 aliphatic carbocycles. The second-order valence-electron chi connectivity index (χ2n) is 6.72. The Hall–Kier alpha value is -1.40. The largest absolute Gasteiger partial charge is 0.497 e. The Morgan fingerprint density at radius 2 is 2.00 bits per heavy atom. The fraction of sp³-hybridized carbons (Fsp3) is 0.611. The lowest BCUT2D eigenvalue weighted by atomic mass is 9.97. The van der Waals surface area contributed by atoms with Crippen LogP contribution < -0.4 is 9.64 Å². The molecule has 1 aliphatic heterocycles. The number of rotatable bonds is 6. The fourth-order valence-corrected chi connectivity index (χ4v) is 3.61. The van der Waals surface area contributed by atoms with Gasteiger partial charge in [0.05, 0.1) is 12.6 Å². The summed E-state index contributed by atoms with van der Waals surface area (Å²) < 4.78 is 5.21. The van der Waals surface area contributed by atoms with Gasteiger partial charge in [0.25, 0.3) is 5.91 Å². The van der Waals surface area contributed by atoms with Crippen molar-refractivity contribution in [3.63, 3.8) is 0 Å². The SMILES string of the molecule is COc1ccc(N2CCN(C(=O)[C@@H](O)CCSC)CC2(C)C)cc1. The Balaban J connectivity index is 2.04. The highest BCUT2D eigenvalue weighted by molar-refractivity contribution is 7.98. The second-order valence-corrected chi connectivity index (χ2v) is 7.70. The van der Waals surface area contributed by atoms with E-state index in [0.717, 1.165) is 23.7 Å². The van der Waals surface area contributed by atoms with E-state index in [1.807, 2.05) is 30.5 Å². The van der Waals surface area contributed by atoms with E-state index >= 15 is 0 Å². The van der Waals surface area contributed by atoms with Crippen LogP contribution in [0.3, 0.4) is 0 Å². The van der Waals surface area contributed by atoms with Crippen molar-refractivity contribution in [2.75, 3.05) is 43.7 Å². The molecule has 0 radical (unpaired) electrons. The van der Waals surface area contributed by atoms with Crippen molar-refractivity contribution in [1.82, 2.24) is 4.90 Å². The molecule has 1 aromatic carbocycles. The molecule has 1 N–H and O–H groups in total. The lowest BCUT2D eigenvalue weighted by Gasteiger charge is -2.48. The molecule has 1 aromatic rings. The van der Waals surface area contributed by atoms with Gasteiger partial charge in [0, 0.05) is 25.3 Å². The number of benzene rings is 1. The number of nitrogens with zero attached hydrogens (tertiary/aromatic N) is 2. The van der Waals surface area contributed by atoms with Gasteiger partial charge in [0.15, 0.2) is 0 Å². The smallest absolute Gasteiger partial charge is 0.251 e. The first-order valence-electron chi connectivity index (χ1n) is 8.26. The van der Waals surface area contributed by atoms with Gasteiger partial charge in [-0.3, -0.25) is 4.79 Å². The van der Waals surface area contributed by atoms with Crippen LogP contribution in [0.1, 0.15) is 20.3 Å². The molecule has 0 unspecified atom stereocenters. The van der Waals surface area contributed by atoms with Crippen LogP contribution in [-0.2, 0) is 4.79 Å². The van der Waals surface area contributed by atoms with Gasteiger partial charge >= 0.3 is 0 Å². The maximum absolute atomic E-state index is 12.5. The van der Waals surface area contributed by atoms with Crippen LogP contribution in [0.25, 0.3) is 0 Å². The lowest BCUT2D eigenvalue weighted by molar-refractivity contribution is -0.141. The average molecular weight is 353 g/mol. The van der Waals surface area contributed by atoms with Crippen molar-refractivity contribution in [2.24, 2.45) is 0 Å². The summed E-state index contributed by atoms with van der Waals surface area (Å²) in [4.78, 5) is 16.6. The van der Waals surface area contributed by atoms with E-state index in [2.05, 4.69) is 18.7 Å². The van der Waals surface area contributed by atoms with Crippen LogP contribution in [0.5, 0.6) is 5.75 Å². The van der Waals surface area contributed by atoms with Gasteiger partial charge in [-0.15, -0.1) is 0 Å². The standard InChI is InChI=1S/C18H28N2O3S/c1-18(2)13-19(17(22)16(21)9-12-24-4)10-11-20(18)14-5-7-15(23-3)8-6-14/h5-8,16,21H,9-13H2,1-4H3/t16-/m0/s1. The minimum Gasteiger partial charge on any atom is -0.497 e. The molecule has 24 heavy (non-hydrogen) atoms. The van der Waals surface area contributed by atoms with E-state index < -0.39 is 6.10 Å². The van der Waals surface area contributed by atoms with Crippen LogP contribution in [0.4, 0.5) is 5.69 Å². The van der Waals surface area contributed by atoms with E-state index in [-0.39, 0.29) is 11.4 Å². The third-order valence-corrected chi connectivity index (χ3v) is 5.12. The van der Waals surface area contributed by atoms with E-state index in [0.29, 0.717) is 19.5 Å². The van der Waals surface area contributed by atoms with Gasteiger partial charge in [-0.2, -0.15) is 11.8 Å². The number of thioether (sulfide) groups is 1. The summed E-state index contributed by atoms with van der Waals surface area (Å²) in [5, 5.41) is 10.1. The van der Waals surface area contributed by atoms with Gasteiger partial charge in [-0.25, -0.2) is 0 Å². The summed E-state index contributed by atoms with van der Waals surface area (Å²) >= 11 is 1.65. The van der Waals surface area contributed by atoms with Crippen LogP contribution in [0.15, 0.2) is 24.3 Å². The predicted molar refractivity (Wildman–Crippen MR) is 100 cm³/mol. The van der Waals surface area contributed by atoms with Crippen LogP contribution in [0, 0.1) is 0 Å². The normalized spacial score (nSPS) is 18.4. The number of carbonyl (C=O) groups excluding carboxylic acids is 1. The number of ether oxygens (including phenoxy) is 1. The maximum atomic E-state index is 12.5. The van der Waals surface area contributed by atoms with Gasteiger partial charge < -0.3 is 19.6 Å². The molecule has 1 heterocycles. The number of carbonyl (C=O) groups is 1. The minimum absolute atomic E-state index is 0.147. The highest BCUT2D eigenvalue weighted by Gasteiger charge is 2.37. The van der Waals surface area contributed by atoms with E-state index in [1.54, 1.807) is 23.8 Å². The van der Waals surface area contributed by atoms with Crippen LogP contribution >= 0.6 is 11.8 Å². The molecule has 0 spiro atoms. The van der Waals surface area contributed by atoms with Gasteiger partial charge in [0.1, 0.15) is 11.9 Å². The molecular weight excluding hydrogens is 324 g/mol. The first kappa shape index (κ1) is 18.9. The van der Waals surface area contributed by atoms with Gasteiger partial charge in [0.2, 0.25) is 0 Å². The molecule has 1 amide bonds. The zero-order chi connectivity index (χ0) is 17.7. The highest BCUT2D eigenvalue weighted by atomic mass is 32.2. The number of aliphatic hydroxyl groups excluding tert-OH is 1. The fourth-order valence-electron chi connectivity index (χ4n) is 3.15. The Morgan fingerprint density at radius 3 is 2.54 bits per heavy atom. The Bertz CT molecular complexity index is 548. The van der Waals surface area contributed by atoms with E-state index in [9.17, 15) is 9.90 Å². The molecule has 6 heteroatoms. The molecule has 1 saturated heterocycles. The van der Waals surface area contributed by atoms with Crippen LogP contribution in [-0.4, -0.2) is 66.3 Å². The second kappa shape index (κ2) is 8.12. The minimum atomic E-state index is -0.888. The van der Waals surface area contributed by atoms with Crippen LogP contribution in [0.2, 0.25) is 0 Å². The summed E-state index contributed by atoms with van der Waals surface area (Å²) in [6.07, 6.45) is 1.60. The number of hydrogen-bond acceptors (Lipinski definition) is 5. The van der Waals surface area contributed by atoms with Crippen molar-refractivity contribution in [3.8, 4) is 5.75 Å². The predicted octanol–water partition coefficient (Wildman–Crippen LogP) is 2.24. The summed E-state index contributed by atoms with van der Waals surface area (Å²) in [5.41, 5.74) is 0.928. The molecule has 2 rings (SSSR count). The quantitative estimate of drug-likeness (QED) is 0.851. The highest BCUT2D eigenvalue weighted by Crippen LogP contribution is 2.29. The molecule has 0 saturated carbocycles. The monoisotopic (exact) mass is 352 g/mol. The molecule has 5 nitrogen and oxygen atoms in total. The third-order valence-electron chi connectivity index (χ3n) is 4.48. The third kappa shape index (κ3) is 4.36. The number of piperazine rings is 1. The number of hydrogen-bond donors (Lipinski definition) is 1. The van der Waals surface area contributed by atoms with E-state index in [4.69, 9.17) is 4.74 Å². The number of anilines is 1. The van der Waals surface area contributed by atoms with Crippen molar-refractivity contribution >= 4 is 23.4 Å². The molecular formula is C18H28N2O3S. The first-order chi connectivity index (χ1) is 11.4. The Kier molecular flexibility index (Phi) is 6.40. The molecule has 0 aromatic heterocycles. The number of methoxy groups -OCH3 is 1. The number of amides is 1. The summed E-state index contributed by atoms with van der Waals surface area (Å²) in [6, 6.07) is 8.00. The topological polar surface area (TPSA) is 53.0 Å². The van der Waals surface area contributed by atoms with Crippen molar-refractivity contribution in [1.29, 1.82) is 0 Å². The molecule has 0 bridgehead atoms. The zero-order valence-electron chi connectivity index (χ0n) is 15.0. The van der Waals surface area contributed by atoms with E-state index in [1.165, 1.54) is 0 Å². The van der Waals surface area contributed by atoms with Crippen molar-refractivity contribution < 1.29 is 14.6 Å². The maximum Gasteiger partial charge on any atom is 0.251 e. The zero-order valence-corrected chi connectivity index (χ0v) is 15.8. The summed E-state index contributed by atoms with van der Waals surface area (Å²) in [7, 11) is 1.66. The van der Waals surface area contributed by atoms with Gasteiger partial charge in [-0.05, 0) is 56.5 Å². The molecule has 134 valence electrons. The average Bonchev–Trinajstić information content (AvgIpc) is 2.58. The molecule has 1 atom stereocenters.